The van der Waals surface area contributed by atoms with Crippen LogP contribution in [-0.4, -0.2) is 16.3 Å². The minimum atomic E-state index is -3.69. The molecule has 0 unspecified atom stereocenters. The van der Waals surface area contributed by atoms with Crippen molar-refractivity contribution < 1.29 is 18.3 Å². The lowest BCUT2D eigenvalue weighted by atomic mass is 10.1. The number of hydrogen-bond acceptors (Lipinski definition) is 4. The zero-order valence-corrected chi connectivity index (χ0v) is 8.81. The zero-order chi connectivity index (χ0) is 12.8. The topological polar surface area (TPSA) is 64.2 Å². The average molecular weight is 252 g/mol. The largest absolute Gasteiger partial charge is 0.586 e. The molecule has 1 aromatic heterocycles. The Bertz CT molecular complexity index is 669. The van der Waals surface area contributed by atoms with Gasteiger partial charge in [0.15, 0.2) is 11.5 Å². The second-order valence-corrected chi connectivity index (χ2v) is 3.58. The van der Waals surface area contributed by atoms with E-state index in [-0.39, 0.29) is 22.8 Å². The monoisotopic (exact) mass is 252 g/mol. The highest BCUT2D eigenvalue weighted by molar-refractivity contribution is 5.71. The first kappa shape index (κ1) is 10.7. The lowest BCUT2D eigenvalue weighted by molar-refractivity contribution is -0.286. The number of ether oxygens (including phenoxy) is 2. The van der Waals surface area contributed by atoms with E-state index in [9.17, 15) is 13.6 Å². The van der Waals surface area contributed by atoms with Gasteiger partial charge in [-0.05, 0) is 18.2 Å². The average Bonchev–Trinajstić information content (AvgIpc) is 2.62. The van der Waals surface area contributed by atoms with Gasteiger partial charge in [-0.3, -0.25) is 0 Å². The van der Waals surface area contributed by atoms with Crippen molar-refractivity contribution in [3.05, 3.63) is 40.9 Å². The van der Waals surface area contributed by atoms with E-state index in [4.69, 9.17) is 0 Å². The summed E-state index contributed by atoms with van der Waals surface area (Å²) in [6.45, 7) is 0. The van der Waals surface area contributed by atoms with Crippen LogP contribution in [0.2, 0.25) is 0 Å². The van der Waals surface area contributed by atoms with Crippen LogP contribution >= 0.6 is 0 Å². The molecule has 3 rings (SSSR count). The molecule has 0 bridgehead atoms. The first-order valence-corrected chi connectivity index (χ1v) is 5.00. The summed E-state index contributed by atoms with van der Waals surface area (Å²) in [5.74, 6) is -0.208. The number of nitrogens with zero attached hydrogens (tertiary/aromatic N) is 1. The molecule has 0 aliphatic carbocycles. The van der Waals surface area contributed by atoms with Gasteiger partial charge in [-0.2, -0.15) is 4.98 Å². The van der Waals surface area contributed by atoms with Crippen LogP contribution in [0.5, 0.6) is 11.5 Å². The molecule has 18 heavy (non-hydrogen) atoms. The second kappa shape index (κ2) is 3.52. The van der Waals surface area contributed by atoms with Crippen molar-refractivity contribution in [2.75, 3.05) is 0 Å². The third-order valence-electron chi connectivity index (χ3n) is 2.37. The van der Waals surface area contributed by atoms with E-state index in [0.717, 1.165) is 0 Å². The molecule has 0 saturated heterocycles. The minimum Gasteiger partial charge on any atom is -0.395 e. The van der Waals surface area contributed by atoms with Gasteiger partial charge in [0.05, 0.1) is 5.69 Å². The number of benzene rings is 1. The molecule has 0 saturated carbocycles. The van der Waals surface area contributed by atoms with Crippen molar-refractivity contribution in [3.63, 3.8) is 0 Å². The molecule has 0 fully saturated rings. The van der Waals surface area contributed by atoms with Crippen molar-refractivity contribution in [3.8, 4) is 22.8 Å². The number of para-hydroxylation sites is 1. The fourth-order valence-electron chi connectivity index (χ4n) is 1.69. The van der Waals surface area contributed by atoms with E-state index >= 15 is 0 Å². The molecule has 0 atom stereocenters. The third kappa shape index (κ3) is 1.69. The SMILES string of the molecule is O=c1nc(-c2cccc3c2OC(F)(F)O3)cc[nH]1. The first-order chi connectivity index (χ1) is 8.55. The third-order valence-corrected chi connectivity index (χ3v) is 2.37. The maximum Gasteiger partial charge on any atom is 0.586 e. The normalized spacial score (nSPS) is 15.7. The van der Waals surface area contributed by atoms with Gasteiger partial charge in [0.1, 0.15) is 0 Å². The molecule has 1 aliphatic heterocycles. The Kier molecular flexibility index (Phi) is 2.09. The molecule has 0 radical (unpaired) electrons. The summed E-state index contributed by atoms with van der Waals surface area (Å²) in [4.78, 5) is 17.1. The van der Waals surface area contributed by atoms with E-state index in [0.29, 0.717) is 0 Å². The first-order valence-electron chi connectivity index (χ1n) is 5.00. The molecular formula is C11H6F2N2O3. The maximum absolute atomic E-state index is 13.0. The maximum atomic E-state index is 13.0. The van der Waals surface area contributed by atoms with Crippen LogP contribution in [0.1, 0.15) is 0 Å². The van der Waals surface area contributed by atoms with E-state index < -0.39 is 12.0 Å². The van der Waals surface area contributed by atoms with Crippen molar-refractivity contribution in [2.45, 2.75) is 6.29 Å². The van der Waals surface area contributed by atoms with Crippen LogP contribution < -0.4 is 15.2 Å². The number of hydrogen-bond donors (Lipinski definition) is 1. The van der Waals surface area contributed by atoms with Gasteiger partial charge in [-0.1, -0.05) is 6.07 Å². The number of aromatic nitrogens is 2. The van der Waals surface area contributed by atoms with E-state index in [1.165, 1.54) is 30.5 Å². The predicted molar refractivity (Wildman–Crippen MR) is 56.5 cm³/mol. The van der Waals surface area contributed by atoms with Gasteiger partial charge in [-0.25, -0.2) is 4.79 Å². The van der Waals surface area contributed by atoms with Gasteiger partial charge in [-0.15, -0.1) is 8.78 Å². The zero-order valence-electron chi connectivity index (χ0n) is 8.81. The highest BCUT2D eigenvalue weighted by Gasteiger charge is 2.44. The number of halogens is 2. The minimum absolute atomic E-state index is 0.0837. The van der Waals surface area contributed by atoms with Crippen LogP contribution in [-0.2, 0) is 0 Å². The highest BCUT2D eigenvalue weighted by Crippen LogP contribution is 2.46. The van der Waals surface area contributed by atoms with Gasteiger partial charge in [0, 0.05) is 11.8 Å². The van der Waals surface area contributed by atoms with Crippen LogP contribution in [0.15, 0.2) is 35.3 Å². The summed E-state index contributed by atoms with van der Waals surface area (Å²) >= 11 is 0. The molecule has 92 valence electrons. The smallest absolute Gasteiger partial charge is 0.395 e. The fraction of sp³-hybridized carbons (Fsp3) is 0.0909. The lowest BCUT2D eigenvalue weighted by Crippen LogP contribution is -2.26. The second-order valence-electron chi connectivity index (χ2n) is 3.58. The Morgan fingerprint density at radius 2 is 2.06 bits per heavy atom. The Morgan fingerprint density at radius 3 is 2.83 bits per heavy atom. The van der Waals surface area contributed by atoms with Crippen LogP contribution in [0.4, 0.5) is 8.78 Å². The van der Waals surface area contributed by atoms with Gasteiger partial charge in [0.2, 0.25) is 0 Å². The van der Waals surface area contributed by atoms with E-state index in [1.54, 1.807) is 0 Å². The van der Waals surface area contributed by atoms with Crippen molar-refractivity contribution in [1.29, 1.82) is 0 Å². The Labute approximate surface area is 99.0 Å². The van der Waals surface area contributed by atoms with Crippen molar-refractivity contribution >= 4 is 0 Å². The molecule has 2 heterocycles. The van der Waals surface area contributed by atoms with E-state index in [1.807, 2.05) is 0 Å². The quantitative estimate of drug-likeness (QED) is 0.839. The number of fused-ring (bicyclic) bond motifs is 1. The van der Waals surface area contributed by atoms with Gasteiger partial charge >= 0.3 is 12.0 Å². The van der Waals surface area contributed by atoms with Crippen molar-refractivity contribution in [2.24, 2.45) is 0 Å². The number of alkyl halides is 2. The van der Waals surface area contributed by atoms with Gasteiger partial charge in [0.25, 0.3) is 0 Å². The molecule has 1 aliphatic rings. The summed E-state index contributed by atoms with van der Waals surface area (Å²) < 4.78 is 34.7. The molecular weight excluding hydrogens is 246 g/mol. The summed E-state index contributed by atoms with van der Waals surface area (Å²) in [6, 6.07) is 5.87. The fourth-order valence-corrected chi connectivity index (χ4v) is 1.69. The predicted octanol–water partition coefficient (Wildman–Crippen LogP) is 1.76. The molecule has 5 nitrogen and oxygen atoms in total. The number of nitrogens with one attached hydrogen (secondary N) is 1. The summed E-state index contributed by atoms with van der Waals surface area (Å²) in [7, 11) is 0. The van der Waals surface area contributed by atoms with Crippen LogP contribution in [0.3, 0.4) is 0 Å². The van der Waals surface area contributed by atoms with E-state index in [2.05, 4.69) is 19.4 Å². The molecule has 0 amide bonds. The Balaban J connectivity index is 2.16. The Morgan fingerprint density at radius 1 is 1.22 bits per heavy atom. The molecule has 2 aromatic rings. The van der Waals surface area contributed by atoms with Crippen LogP contribution in [0, 0.1) is 0 Å². The summed E-state index contributed by atoms with van der Waals surface area (Å²) in [5.41, 5.74) is -0.0662. The number of rotatable bonds is 1. The molecule has 1 N–H and O–H groups in total. The summed E-state index contributed by atoms with van der Waals surface area (Å²) in [5, 5.41) is 0. The standard InChI is InChI=1S/C11H6F2N2O3/c12-11(13)17-8-3-1-2-6(9(8)18-11)7-4-5-14-10(16)15-7/h1-5H,(H,14,15,16). The molecule has 7 heteroatoms. The van der Waals surface area contributed by atoms with Crippen LogP contribution in [0.25, 0.3) is 11.3 Å². The number of H-pyrrole nitrogens is 1. The lowest BCUT2D eigenvalue weighted by Gasteiger charge is -2.06. The highest BCUT2D eigenvalue weighted by atomic mass is 19.3. The van der Waals surface area contributed by atoms with Gasteiger partial charge < -0.3 is 14.5 Å². The Hall–Kier alpha value is -2.44. The molecule has 0 spiro atoms. The summed E-state index contributed by atoms with van der Waals surface area (Å²) in [6.07, 6.45) is -2.32. The molecule has 1 aromatic carbocycles. The van der Waals surface area contributed by atoms with Crippen molar-refractivity contribution in [1.82, 2.24) is 9.97 Å². The number of aromatic amines is 1.